The maximum Gasteiger partial charge on any atom is 0.293 e. The zero-order valence-corrected chi connectivity index (χ0v) is 19.2. The van der Waals surface area contributed by atoms with Crippen LogP contribution in [0.15, 0.2) is 108 Å². The molecule has 2 N–H and O–H groups in total. The Kier molecular flexibility index (Phi) is 6.14. The molecule has 1 aromatic heterocycles. The van der Waals surface area contributed by atoms with E-state index >= 15 is 0 Å². The van der Waals surface area contributed by atoms with Gasteiger partial charge in [0.1, 0.15) is 11.3 Å². The van der Waals surface area contributed by atoms with Gasteiger partial charge < -0.3 is 15.1 Å². The number of nitrogens with one attached hydrogen (secondary N) is 2. The quantitative estimate of drug-likeness (QED) is 0.291. The first kappa shape index (κ1) is 22.2. The average Bonchev–Trinajstić information content (AvgIpc) is 3.25. The Bertz CT molecular complexity index is 1480. The highest BCUT2D eigenvalue weighted by Gasteiger charge is 2.22. The van der Waals surface area contributed by atoms with Crippen LogP contribution in [0.1, 0.15) is 21.7 Å². The monoisotopic (exact) mass is 460 g/mol. The Morgan fingerprint density at radius 1 is 0.714 bits per heavy atom. The molecule has 0 bridgehead atoms. The smallest absolute Gasteiger partial charge is 0.293 e. The van der Waals surface area contributed by atoms with Crippen LogP contribution in [0.2, 0.25) is 0 Å². The highest BCUT2D eigenvalue weighted by Crippen LogP contribution is 2.32. The fourth-order valence-electron chi connectivity index (χ4n) is 3.97. The van der Waals surface area contributed by atoms with E-state index < -0.39 is 5.91 Å². The lowest BCUT2D eigenvalue weighted by Crippen LogP contribution is -2.18. The Labute approximate surface area is 203 Å². The Morgan fingerprint density at radius 3 is 2.11 bits per heavy atom. The minimum Gasteiger partial charge on any atom is -0.449 e. The van der Waals surface area contributed by atoms with E-state index in [1.807, 2.05) is 91.9 Å². The van der Waals surface area contributed by atoms with Crippen molar-refractivity contribution in [3.63, 3.8) is 0 Å². The number of rotatable bonds is 6. The normalized spacial score (nSPS) is 10.8. The molecule has 0 aliphatic heterocycles. The molecule has 0 fully saturated rings. The summed E-state index contributed by atoms with van der Waals surface area (Å²) >= 11 is 0. The van der Waals surface area contributed by atoms with Crippen LogP contribution in [0.5, 0.6) is 0 Å². The van der Waals surface area contributed by atoms with Crippen LogP contribution in [0.3, 0.4) is 0 Å². The lowest BCUT2D eigenvalue weighted by atomic mass is 10.0. The lowest BCUT2D eigenvalue weighted by molar-refractivity contribution is -0.115. The van der Waals surface area contributed by atoms with E-state index in [4.69, 9.17) is 4.42 Å². The molecule has 0 unspecified atom stereocenters. The maximum atomic E-state index is 13.0. The van der Waals surface area contributed by atoms with Gasteiger partial charge in [0.05, 0.1) is 6.42 Å². The predicted molar refractivity (Wildman–Crippen MR) is 140 cm³/mol. The summed E-state index contributed by atoms with van der Waals surface area (Å²) in [6, 6.07) is 32.7. The van der Waals surface area contributed by atoms with Gasteiger partial charge in [-0.2, -0.15) is 0 Å². The third-order valence-corrected chi connectivity index (χ3v) is 5.80. The van der Waals surface area contributed by atoms with E-state index in [0.29, 0.717) is 22.3 Å². The number of furan rings is 1. The molecule has 0 radical (unpaired) electrons. The summed E-state index contributed by atoms with van der Waals surface area (Å²) in [5, 5.41) is 6.43. The molecule has 4 aromatic carbocycles. The molecule has 0 spiro atoms. The number of hydrogen-bond donors (Lipinski definition) is 2. The van der Waals surface area contributed by atoms with Crippen molar-refractivity contribution in [1.29, 1.82) is 0 Å². The van der Waals surface area contributed by atoms with E-state index in [0.717, 1.165) is 22.3 Å². The molecule has 35 heavy (non-hydrogen) atoms. The number of para-hydroxylation sites is 1. The number of carbonyl (C=O) groups is 2. The van der Waals surface area contributed by atoms with Crippen LogP contribution in [-0.4, -0.2) is 11.8 Å². The number of amides is 2. The zero-order valence-electron chi connectivity index (χ0n) is 19.2. The number of anilines is 2. The molecule has 0 aliphatic rings. The number of benzene rings is 4. The van der Waals surface area contributed by atoms with Gasteiger partial charge in [0.2, 0.25) is 11.7 Å². The van der Waals surface area contributed by atoms with Gasteiger partial charge in [0, 0.05) is 11.1 Å². The van der Waals surface area contributed by atoms with E-state index in [2.05, 4.69) is 22.8 Å². The third-order valence-electron chi connectivity index (χ3n) is 5.80. The summed E-state index contributed by atoms with van der Waals surface area (Å²) in [6.07, 6.45) is 0.174. The summed E-state index contributed by atoms with van der Waals surface area (Å²) in [4.78, 5) is 26.0. The highest BCUT2D eigenvalue weighted by atomic mass is 16.3. The topological polar surface area (TPSA) is 71.3 Å². The Hall–Kier alpha value is -4.64. The van der Waals surface area contributed by atoms with Gasteiger partial charge in [-0.25, -0.2) is 0 Å². The molecule has 2 amide bonds. The van der Waals surface area contributed by atoms with Gasteiger partial charge in [-0.1, -0.05) is 84.4 Å². The van der Waals surface area contributed by atoms with Crippen molar-refractivity contribution in [2.45, 2.75) is 13.3 Å². The highest BCUT2D eigenvalue weighted by molar-refractivity contribution is 6.14. The van der Waals surface area contributed by atoms with Crippen LogP contribution in [0.4, 0.5) is 11.4 Å². The second-order valence-corrected chi connectivity index (χ2v) is 8.41. The minimum absolute atomic E-state index is 0.0690. The first-order valence-electron chi connectivity index (χ1n) is 11.4. The minimum atomic E-state index is -0.424. The molecule has 0 aliphatic carbocycles. The van der Waals surface area contributed by atoms with Crippen molar-refractivity contribution in [3.8, 4) is 11.1 Å². The average molecular weight is 461 g/mol. The standard InChI is InChI=1S/C30H24N2O3/c1-20-11-17-24(18-12-20)31-30(34)29-28(25-9-5-6-10-26(25)35-29)32-27(33)19-21-13-15-23(16-14-21)22-7-3-2-4-8-22/h2-18H,19H2,1H3,(H,31,34)(H,32,33). The van der Waals surface area contributed by atoms with Crippen molar-refractivity contribution < 1.29 is 14.0 Å². The van der Waals surface area contributed by atoms with E-state index in [-0.39, 0.29) is 18.1 Å². The first-order valence-corrected chi connectivity index (χ1v) is 11.4. The molecule has 0 atom stereocenters. The molecule has 5 nitrogen and oxygen atoms in total. The SMILES string of the molecule is Cc1ccc(NC(=O)c2oc3ccccc3c2NC(=O)Cc2ccc(-c3ccccc3)cc2)cc1. The molecule has 0 saturated heterocycles. The fraction of sp³-hybridized carbons (Fsp3) is 0.0667. The Morgan fingerprint density at radius 2 is 1.37 bits per heavy atom. The van der Waals surface area contributed by atoms with E-state index in [9.17, 15) is 9.59 Å². The number of carbonyl (C=O) groups excluding carboxylic acids is 2. The lowest BCUT2D eigenvalue weighted by Gasteiger charge is -2.08. The molecule has 0 saturated carbocycles. The van der Waals surface area contributed by atoms with Crippen LogP contribution in [0, 0.1) is 6.92 Å². The van der Waals surface area contributed by atoms with Gasteiger partial charge >= 0.3 is 0 Å². The van der Waals surface area contributed by atoms with Crippen LogP contribution in [0.25, 0.3) is 22.1 Å². The maximum absolute atomic E-state index is 13.0. The number of fused-ring (bicyclic) bond motifs is 1. The molecule has 5 aromatic rings. The summed E-state index contributed by atoms with van der Waals surface area (Å²) in [7, 11) is 0. The van der Waals surface area contributed by atoms with Gasteiger partial charge in [0.25, 0.3) is 5.91 Å². The van der Waals surface area contributed by atoms with Crippen molar-refractivity contribution in [1.82, 2.24) is 0 Å². The van der Waals surface area contributed by atoms with Crippen LogP contribution < -0.4 is 10.6 Å². The predicted octanol–water partition coefficient (Wildman–Crippen LogP) is 6.84. The summed E-state index contributed by atoms with van der Waals surface area (Å²) in [5.74, 6) is -0.583. The fourth-order valence-corrected chi connectivity index (χ4v) is 3.97. The number of hydrogen-bond acceptors (Lipinski definition) is 3. The Balaban J connectivity index is 1.36. The molecular weight excluding hydrogens is 436 g/mol. The van der Waals surface area contributed by atoms with Gasteiger partial charge in [-0.05, 0) is 47.9 Å². The van der Waals surface area contributed by atoms with Crippen LogP contribution >= 0.6 is 0 Å². The van der Waals surface area contributed by atoms with Crippen molar-refractivity contribution in [2.75, 3.05) is 10.6 Å². The van der Waals surface area contributed by atoms with Crippen molar-refractivity contribution >= 4 is 34.2 Å². The van der Waals surface area contributed by atoms with Gasteiger partial charge in [0.15, 0.2) is 0 Å². The van der Waals surface area contributed by atoms with Crippen molar-refractivity contribution in [2.24, 2.45) is 0 Å². The van der Waals surface area contributed by atoms with Gasteiger partial charge in [-0.15, -0.1) is 0 Å². The molecule has 5 heteroatoms. The summed E-state index contributed by atoms with van der Waals surface area (Å²) in [5.41, 5.74) is 5.73. The second kappa shape index (κ2) is 9.69. The van der Waals surface area contributed by atoms with Crippen LogP contribution in [-0.2, 0) is 11.2 Å². The molecular formula is C30H24N2O3. The first-order chi connectivity index (χ1) is 17.1. The van der Waals surface area contributed by atoms with Gasteiger partial charge in [-0.3, -0.25) is 9.59 Å². The number of aryl methyl sites for hydroxylation is 1. The van der Waals surface area contributed by atoms with E-state index in [1.165, 1.54) is 0 Å². The largest absolute Gasteiger partial charge is 0.449 e. The van der Waals surface area contributed by atoms with E-state index in [1.54, 1.807) is 6.07 Å². The summed E-state index contributed by atoms with van der Waals surface area (Å²) in [6.45, 7) is 1.98. The van der Waals surface area contributed by atoms with Crippen molar-refractivity contribution in [3.05, 3.63) is 120 Å². The summed E-state index contributed by atoms with van der Waals surface area (Å²) < 4.78 is 5.85. The second-order valence-electron chi connectivity index (χ2n) is 8.41. The zero-order chi connectivity index (χ0) is 24.2. The molecule has 1 heterocycles. The third kappa shape index (κ3) is 4.99. The molecule has 5 rings (SSSR count). The molecule has 172 valence electrons.